The summed E-state index contributed by atoms with van der Waals surface area (Å²) < 4.78 is 2.81. The van der Waals surface area contributed by atoms with Crippen molar-refractivity contribution in [3.63, 3.8) is 0 Å². The monoisotopic (exact) mass is 310 g/mol. The molecule has 6 nitrogen and oxygen atoms in total. The van der Waals surface area contributed by atoms with Gasteiger partial charge in [0, 0.05) is 12.7 Å². The van der Waals surface area contributed by atoms with Crippen molar-refractivity contribution in [1.29, 1.82) is 0 Å². The minimum atomic E-state index is -0.274. The lowest BCUT2D eigenvalue weighted by atomic mass is 10.0. The fraction of sp³-hybridized carbons (Fsp3) is 0.235. The summed E-state index contributed by atoms with van der Waals surface area (Å²) in [5.74, 6) is -0.0174. The number of aromatic nitrogens is 3. The van der Waals surface area contributed by atoms with Gasteiger partial charge in [0.1, 0.15) is 18.4 Å². The van der Waals surface area contributed by atoms with Crippen LogP contribution in [0.1, 0.15) is 18.4 Å². The second kappa shape index (κ2) is 6.48. The third kappa shape index (κ3) is 3.31. The van der Waals surface area contributed by atoms with Crippen molar-refractivity contribution in [1.82, 2.24) is 19.5 Å². The van der Waals surface area contributed by atoms with E-state index in [-0.39, 0.29) is 23.9 Å². The summed E-state index contributed by atoms with van der Waals surface area (Å²) in [7, 11) is 0. The Morgan fingerprint density at radius 1 is 1.22 bits per heavy atom. The van der Waals surface area contributed by atoms with Crippen LogP contribution >= 0.6 is 0 Å². The summed E-state index contributed by atoms with van der Waals surface area (Å²) in [5, 5.41) is 6.86. The van der Waals surface area contributed by atoms with E-state index >= 15 is 0 Å². The molecule has 2 aromatic heterocycles. The van der Waals surface area contributed by atoms with Crippen LogP contribution < -0.4 is 10.9 Å². The Labute approximate surface area is 133 Å². The van der Waals surface area contributed by atoms with Crippen molar-refractivity contribution in [2.45, 2.75) is 19.4 Å². The number of carbonyl (C=O) groups is 1. The van der Waals surface area contributed by atoms with Crippen LogP contribution in [0.3, 0.4) is 0 Å². The standard InChI is InChI=1S/C17H18N4O2/c1-13(14-6-3-2-4-7-14)10-18-16(22)11-21-17(23)15-8-5-9-20(15)12-19-21/h2-9,12-13H,10-11H2,1H3,(H,18,22). The van der Waals surface area contributed by atoms with Crippen LogP contribution in [0.5, 0.6) is 0 Å². The van der Waals surface area contributed by atoms with Gasteiger partial charge in [-0.1, -0.05) is 37.3 Å². The number of nitrogens with zero attached hydrogens (tertiary/aromatic N) is 3. The molecule has 118 valence electrons. The minimum Gasteiger partial charge on any atom is -0.354 e. The van der Waals surface area contributed by atoms with Crippen LogP contribution in [0.15, 0.2) is 59.8 Å². The van der Waals surface area contributed by atoms with Crippen LogP contribution in [-0.2, 0) is 11.3 Å². The van der Waals surface area contributed by atoms with Gasteiger partial charge in [0.05, 0.1) is 0 Å². The molecule has 0 saturated carbocycles. The fourth-order valence-electron chi connectivity index (χ4n) is 2.45. The first kappa shape index (κ1) is 15.0. The highest BCUT2D eigenvalue weighted by Gasteiger charge is 2.10. The molecular formula is C17H18N4O2. The Morgan fingerprint density at radius 3 is 2.78 bits per heavy atom. The van der Waals surface area contributed by atoms with Crippen molar-refractivity contribution >= 4 is 11.4 Å². The molecule has 1 N–H and O–H groups in total. The summed E-state index contributed by atoms with van der Waals surface area (Å²) in [6, 6.07) is 13.4. The number of rotatable bonds is 5. The Morgan fingerprint density at radius 2 is 2.00 bits per heavy atom. The Kier molecular flexibility index (Phi) is 4.23. The van der Waals surface area contributed by atoms with E-state index < -0.39 is 0 Å². The highest BCUT2D eigenvalue weighted by Crippen LogP contribution is 2.12. The summed E-state index contributed by atoms with van der Waals surface area (Å²) in [6.07, 6.45) is 3.27. The van der Waals surface area contributed by atoms with Crippen molar-refractivity contribution < 1.29 is 4.79 Å². The molecule has 3 aromatic rings. The van der Waals surface area contributed by atoms with Gasteiger partial charge in [0.25, 0.3) is 5.56 Å². The lowest BCUT2D eigenvalue weighted by molar-refractivity contribution is -0.121. The first-order valence-corrected chi connectivity index (χ1v) is 7.49. The zero-order valence-electron chi connectivity index (χ0n) is 12.8. The third-order valence-electron chi connectivity index (χ3n) is 3.82. The van der Waals surface area contributed by atoms with Gasteiger partial charge in [0.15, 0.2) is 0 Å². The van der Waals surface area contributed by atoms with Crippen molar-refractivity contribution in [2.24, 2.45) is 0 Å². The number of nitrogens with one attached hydrogen (secondary N) is 1. The predicted molar refractivity (Wildman–Crippen MR) is 87.3 cm³/mol. The zero-order valence-corrected chi connectivity index (χ0v) is 12.8. The minimum absolute atomic E-state index is 0.0813. The number of hydrogen-bond acceptors (Lipinski definition) is 3. The van der Waals surface area contributed by atoms with Crippen LogP contribution in [0.4, 0.5) is 0 Å². The van der Waals surface area contributed by atoms with Gasteiger partial charge in [-0.25, -0.2) is 4.68 Å². The first-order valence-electron chi connectivity index (χ1n) is 7.49. The molecule has 0 aliphatic heterocycles. The number of carbonyl (C=O) groups excluding carboxylic acids is 1. The maximum Gasteiger partial charge on any atom is 0.291 e. The maximum atomic E-state index is 12.2. The van der Waals surface area contributed by atoms with Crippen molar-refractivity contribution in [3.8, 4) is 0 Å². The van der Waals surface area contributed by atoms with Gasteiger partial charge in [-0.05, 0) is 23.6 Å². The van der Waals surface area contributed by atoms with Gasteiger partial charge >= 0.3 is 0 Å². The van der Waals surface area contributed by atoms with Crippen LogP contribution in [0, 0.1) is 0 Å². The van der Waals surface area contributed by atoms with Gasteiger partial charge in [-0.15, -0.1) is 0 Å². The van der Waals surface area contributed by atoms with E-state index in [0.29, 0.717) is 12.1 Å². The molecule has 0 aliphatic carbocycles. The summed E-state index contributed by atoms with van der Waals surface area (Å²) in [5.41, 5.74) is 1.40. The second-order valence-electron chi connectivity index (χ2n) is 5.51. The average molecular weight is 310 g/mol. The molecule has 0 radical (unpaired) electrons. The lowest BCUT2D eigenvalue weighted by Gasteiger charge is -2.13. The van der Waals surface area contributed by atoms with E-state index in [1.165, 1.54) is 11.0 Å². The molecule has 1 aromatic carbocycles. The molecule has 0 bridgehead atoms. The lowest BCUT2D eigenvalue weighted by Crippen LogP contribution is -2.35. The molecule has 1 atom stereocenters. The SMILES string of the molecule is CC(CNC(=O)Cn1ncn2cccc2c1=O)c1ccccc1. The Hall–Kier alpha value is -2.89. The molecule has 0 fully saturated rings. The normalized spacial score (nSPS) is 12.2. The maximum absolute atomic E-state index is 12.2. The quantitative estimate of drug-likeness (QED) is 0.775. The van der Waals surface area contributed by atoms with E-state index in [9.17, 15) is 9.59 Å². The highest BCUT2D eigenvalue weighted by molar-refractivity contribution is 5.75. The fourth-order valence-corrected chi connectivity index (χ4v) is 2.45. The topological polar surface area (TPSA) is 68.4 Å². The van der Waals surface area contributed by atoms with Crippen LogP contribution in [0.2, 0.25) is 0 Å². The summed E-state index contributed by atoms with van der Waals surface area (Å²) in [6.45, 7) is 2.49. The molecule has 2 heterocycles. The molecule has 1 amide bonds. The summed E-state index contributed by atoms with van der Waals surface area (Å²) in [4.78, 5) is 24.2. The largest absolute Gasteiger partial charge is 0.354 e. The van der Waals surface area contributed by atoms with E-state index in [4.69, 9.17) is 0 Å². The van der Waals surface area contributed by atoms with E-state index in [2.05, 4.69) is 10.4 Å². The van der Waals surface area contributed by atoms with Gasteiger partial charge in [0.2, 0.25) is 5.91 Å². The van der Waals surface area contributed by atoms with E-state index in [1.54, 1.807) is 22.7 Å². The smallest absolute Gasteiger partial charge is 0.291 e. The van der Waals surface area contributed by atoms with Crippen LogP contribution in [0.25, 0.3) is 5.52 Å². The van der Waals surface area contributed by atoms with Gasteiger partial charge in [-0.2, -0.15) is 5.10 Å². The van der Waals surface area contributed by atoms with Crippen molar-refractivity contribution in [2.75, 3.05) is 6.54 Å². The molecular weight excluding hydrogens is 292 g/mol. The Balaban J connectivity index is 1.62. The van der Waals surface area contributed by atoms with Gasteiger partial charge in [-0.3, -0.25) is 9.59 Å². The molecule has 3 rings (SSSR count). The number of fused-ring (bicyclic) bond motifs is 1. The van der Waals surface area contributed by atoms with E-state index in [1.807, 2.05) is 37.3 Å². The number of amides is 1. The molecule has 1 unspecified atom stereocenters. The third-order valence-corrected chi connectivity index (χ3v) is 3.82. The van der Waals surface area contributed by atoms with Crippen molar-refractivity contribution in [3.05, 3.63) is 70.9 Å². The average Bonchev–Trinajstić information content (AvgIpc) is 3.05. The molecule has 0 spiro atoms. The van der Waals surface area contributed by atoms with Crippen LogP contribution in [-0.4, -0.2) is 26.6 Å². The summed E-state index contributed by atoms with van der Waals surface area (Å²) >= 11 is 0. The first-order chi connectivity index (χ1) is 11.1. The predicted octanol–water partition coefficient (Wildman–Crippen LogP) is 1.42. The molecule has 6 heteroatoms. The zero-order chi connectivity index (χ0) is 16.2. The van der Waals surface area contributed by atoms with E-state index in [0.717, 1.165) is 5.56 Å². The Bertz CT molecular complexity index is 867. The molecule has 0 aliphatic rings. The molecule has 0 saturated heterocycles. The number of benzene rings is 1. The second-order valence-corrected chi connectivity index (χ2v) is 5.51. The highest BCUT2D eigenvalue weighted by atomic mass is 16.2. The number of hydrogen-bond donors (Lipinski definition) is 1. The van der Waals surface area contributed by atoms with Gasteiger partial charge < -0.3 is 9.72 Å². The molecule has 23 heavy (non-hydrogen) atoms.